The smallest absolute Gasteiger partial charge is 0.273 e. The maximum absolute atomic E-state index is 12.2. The average molecular weight is 349 g/mol. The van der Waals surface area contributed by atoms with Gasteiger partial charge in [-0.3, -0.25) is 10.1 Å². The van der Waals surface area contributed by atoms with Crippen LogP contribution in [0.2, 0.25) is 0 Å². The number of hydrogen-bond acceptors (Lipinski definition) is 5. The summed E-state index contributed by atoms with van der Waals surface area (Å²) in [5, 5.41) is 11.0. The summed E-state index contributed by atoms with van der Waals surface area (Å²) in [6, 6.07) is 13.3. The van der Waals surface area contributed by atoms with Crippen LogP contribution < -0.4 is 9.62 Å². The zero-order valence-electron chi connectivity index (χ0n) is 13.5. The van der Waals surface area contributed by atoms with Gasteiger partial charge in [0.25, 0.3) is 5.69 Å². The van der Waals surface area contributed by atoms with Gasteiger partial charge >= 0.3 is 0 Å². The minimum atomic E-state index is -3.69. The van der Waals surface area contributed by atoms with Crippen LogP contribution in [0.25, 0.3) is 0 Å². The quantitative estimate of drug-likeness (QED) is 0.611. The second-order valence-corrected chi connectivity index (χ2v) is 7.34. The van der Waals surface area contributed by atoms with Crippen molar-refractivity contribution in [1.29, 1.82) is 0 Å². The molecular weight excluding hydrogens is 330 g/mol. The standard InChI is InChI=1S/C16H19N3O4S/c1-18(2)15-8-5-6-13(10-15)11-17-24(22,23)12-14-7-3-4-9-16(14)19(20)21/h3-10,17H,11-12H2,1-2H3. The van der Waals surface area contributed by atoms with Crippen LogP contribution >= 0.6 is 0 Å². The fourth-order valence-electron chi connectivity index (χ4n) is 2.20. The monoisotopic (exact) mass is 349 g/mol. The van der Waals surface area contributed by atoms with Gasteiger partial charge in [-0.05, 0) is 17.7 Å². The first-order valence-electron chi connectivity index (χ1n) is 7.24. The van der Waals surface area contributed by atoms with E-state index in [1.807, 2.05) is 43.3 Å². The highest BCUT2D eigenvalue weighted by Gasteiger charge is 2.19. The first-order chi connectivity index (χ1) is 11.3. The van der Waals surface area contributed by atoms with Crippen molar-refractivity contribution < 1.29 is 13.3 Å². The zero-order chi connectivity index (χ0) is 17.7. The van der Waals surface area contributed by atoms with Gasteiger partial charge in [-0.2, -0.15) is 0 Å². The molecule has 0 radical (unpaired) electrons. The first-order valence-corrected chi connectivity index (χ1v) is 8.89. The Hall–Kier alpha value is -2.45. The van der Waals surface area contributed by atoms with E-state index >= 15 is 0 Å². The van der Waals surface area contributed by atoms with Crippen LogP contribution in [-0.4, -0.2) is 27.4 Å². The summed E-state index contributed by atoms with van der Waals surface area (Å²) in [7, 11) is 0.111. The first kappa shape index (κ1) is 17.9. The molecule has 0 spiro atoms. The van der Waals surface area contributed by atoms with Gasteiger partial charge in [-0.15, -0.1) is 0 Å². The van der Waals surface area contributed by atoms with Gasteiger partial charge in [-0.1, -0.05) is 30.3 Å². The van der Waals surface area contributed by atoms with E-state index in [0.29, 0.717) is 0 Å². The van der Waals surface area contributed by atoms with Crippen LogP contribution in [0.15, 0.2) is 48.5 Å². The number of rotatable bonds is 7. The third kappa shape index (κ3) is 4.77. The van der Waals surface area contributed by atoms with Crippen molar-refractivity contribution in [2.75, 3.05) is 19.0 Å². The van der Waals surface area contributed by atoms with Crippen molar-refractivity contribution in [3.63, 3.8) is 0 Å². The van der Waals surface area contributed by atoms with E-state index in [9.17, 15) is 18.5 Å². The predicted octanol–water partition coefficient (Wildman–Crippen LogP) is 2.28. The molecule has 0 amide bonds. The summed E-state index contributed by atoms with van der Waals surface area (Å²) in [5.74, 6) is -0.433. The van der Waals surface area contributed by atoms with Crippen molar-refractivity contribution in [2.45, 2.75) is 12.3 Å². The van der Waals surface area contributed by atoms with Crippen molar-refractivity contribution in [1.82, 2.24) is 4.72 Å². The molecule has 2 rings (SSSR count). The van der Waals surface area contributed by atoms with Crippen LogP contribution in [0.4, 0.5) is 11.4 Å². The van der Waals surface area contributed by atoms with Crippen molar-refractivity contribution >= 4 is 21.4 Å². The Bertz CT molecular complexity index is 835. The minimum Gasteiger partial charge on any atom is -0.378 e. The third-order valence-corrected chi connectivity index (χ3v) is 4.73. The highest BCUT2D eigenvalue weighted by molar-refractivity contribution is 7.88. The Morgan fingerprint density at radius 3 is 2.50 bits per heavy atom. The Morgan fingerprint density at radius 2 is 1.83 bits per heavy atom. The number of nitrogens with zero attached hydrogens (tertiary/aromatic N) is 2. The van der Waals surface area contributed by atoms with E-state index in [4.69, 9.17) is 0 Å². The van der Waals surface area contributed by atoms with E-state index < -0.39 is 20.7 Å². The molecule has 2 aromatic carbocycles. The Balaban J connectivity index is 2.10. The van der Waals surface area contributed by atoms with Crippen LogP contribution in [0.3, 0.4) is 0 Å². The molecule has 0 bridgehead atoms. The minimum absolute atomic E-state index is 0.130. The van der Waals surface area contributed by atoms with Gasteiger partial charge in [-0.25, -0.2) is 13.1 Å². The topological polar surface area (TPSA) is 92.6 Å². The van der Waals surface area contributed by atoms with Gasteiger partial charge in [0.2, 0.25) is 10.0 Å². The molecule has 0 atom stereocenters. The summed E-state index contributed by atoms with van der Waals surface area (Å²) in [4.78, 5) is 12.3. The highest BCUT2D eigenvalue weighted by atomic mass is 32.2. The molecule has 8 heteroatoms. The lowest BCUT2D eigenvalue weighted by Gasteiger charge is -2.14. The summed E-state index contributed by atoms with van der Waals surface area (Å²) in [6.07, 6.45) is 0. The number of nitro benzene ring substituents is 1. The van der Waals surface area contributed by atoms with E-state index in [1.54, 1.807) is 6.07 Å². The van der Waals surface area contributed by atoms with Crippen LogP contribution in [-0.2, 0) is 22.3 Å². The zero-order valence-corrected chi connectivity index (χ0v) is 14.3. The molecule has 0 fully saturated rings. The third-order valence-electron chi connectivity index (χ3n) is 3.46. The van der Waals surface area contributed by atoms with Gasteiger partial charge in [0, 0.05) is 38.0 Å². The molecule has 1 N–H and O–H groups in total. The fourth-order valence-corrected chi connectivity index (χ4v) is 3.35. The molecule has 0 aromatic heterocycles. The lowest BCUT2D eigenvalue weighted by molar-refractivity contribution is -0.385. The summed E-state index contributed by atoms with van der Waals surface area (Å²) in [5.41, 5.74) is 1.74. The second-order valence-electron chi connectivity index (χ2n) is 5.53. The molecule has 0 aliphatic heterocycles. The number of para-hydroxylation sites is 1. The van der Waals surface area contributed by atoms with Crippen LogP contribution in [0, 0.1) is 10.1 Å². The Kier molecular flexibility index (Phi) is 5.53. The number of nitrogens with one attached hydrogen (secondary N) is 1. The summed E-state index contributed by atoms with van der Waals surface area (Å²) >= 11 is 0. The molecule has 24 heavy (non-hydrogen) atoms. The van der Waals surface area contributed by atoms with Crippen molar-refractivity contribution in [2.24, 2.45) is 0 Å². The van der Waals surface area contributed by atoms with Crippen molar-refractivity contribution in [3.05, 3.63) is 69.8 Å². The molecule has 0 unspecified atom stereocenters. The lowest BCUT2D eigenvalue weighted by Crippen LogP contribution is -2.25. The molecule has 128 valence electrons. The van der Waals surface area contributed by atoms with E-state index in [0.717, 1.165) is 11.3 Å². The molecule has 0 saturated heterocycles. The number of benzene rings is 2. The summed E-state index contributed by atoms with van der Waals surface area (Å²) < 4.78 is 26.9. The Labute approximate surface area is 141 Å². The van der Waals surface area contributed by atoms with E-state index in [2.05, 4.69) is 4.72 Å². The van der Waals surface area contributed by atoms with Crippen molar-refractivity contribution in [3.8, 4) is 0 Å². The van der Waals surface area contributed by atoms with Gasteiger partial charge < -0.3 is 4.90 Å². The number of nitro groups is 1. The summed E-state index contributed by atoms with van der Waals surface area (Å²) in [6.45, 7) is 0.130. The van der Waals surface area contributed by atoms with Gasteiger partial charge in [0.15, 0.2) is 0 Å². The molecule has 7 nitrogen and oxygen atoms in total. The molecule has 0 heterocycles. The number of hydrogen-bond donors (Lipinski definition) is 1. The lowest BCUT2D eigenvalue weighted by atomic mass is 10.2. The molecule has 2 aromatic rings. The number of sulfonamides is 1. The maximum atomic E-state index is 12.2. The van der Waals surface area contributed by atoms with Crippen LogP contribution in [0.1, 0.15) is 11.1 Å². The average Bonchev–Trinajstić information content (AvgIpc) is 2.53. The van der Waals surface area contributed by atoms with Gasteiger partial charge in [0.1, 0.15) is 0 Å². The maximum Gasteiger partial charge on any atom is 0.273 e. The van der Waals surface area contributed by atoms with E-state index in [-0.39, 0.29) is 17.8 Å². The highest BCUT2D eigenvalue weighted by Crippen LogP contribution is 2.20. The second kappa shape index (κ2) is 7.41. The molecular formula is C16H19N3O4S. The molecule has 0 saturated carbocycles. The largest absolute Gasteiger partial charge is 0.378 e. The molecule has 0 aliphatic rings. The predicted molar refractivity (Wildman–Crippen MR) is 93.3 cm³/mol. The molecule has 0 aliphatic carbocycles. The van der Waals surface area contributed by atoms with E-state index in [1.165, 1.54) is 18.2 Å². The number of anilines is 1. The fraction of sp³-hybridized carbons (Fsp3) is 0.250. The Morgan fingerprint density at radius 1 is 1.12 bits per heavy atom. The van der Waals surface area contributed by atoms with Crippen LogP contribution in [0.5, 0.6) is 0 Å². The van der Waals surface area contributed by atoms with Gasteiger partial charge in [0.05, 0.1) is 10.7 Å². The SMILES string of the molecule is CN(C)c1cccc(CNS(=O)(=O)Cc2ccccc2[N+](=O)[O-])c1. The normalized spacial score (nSPS) is 11.2.